The monoisotopic (exact) mass is 269 g/mol. The molecule has 6 nitrogen and oxygen atoms in total. The second kappa shape index (κ2) is 5.18. The average Bonchev–Trinajstić information content (AvgIpc) is 2.88. The molecule has 1 aromatic rings. The highest BCUT2D eigenvalue weighted by Crippen LogP contribution is 2.23. The number of carbonyl (C=O) groups is 3. The van der Waals surface area contributed by atoms with E-state index in [1.807, 2.05) is 0 Å². The predicted octanol–water partition coefficient (Wildman–Crippen LogP) is 1.18. The third-order valence-corrected chi connectivity index (χ3v) is 3.22. The number of amides is 1. The summed E-state index contributed by atoms with van der Waals surface area (Å²) in [5.74, 6) is -1.31. The molecule has 96 valence electrons. The number of carbonyl (C=O) groups excluding carboxylic acids is 3. The van der Waals surface area contributed by atoms with E-state index < -0.39 is 18.0 Å². The average molecular weight is 269 g/mol. The van der Waals surface area contributed by atoms with Crippen molar-refractivity contribution in [3.63, 3.8) is 0 Å². The fraction of sp³-hybridized carbons (Fsp3) is 0.364. The molecule has 1 fully saturated rings. The summed E-state index contributed by atoms with van der Waals surface area (Å²) in [4.78, 5) is 34.0. The molecule has 1 unspecified atom stereocenters. The lowest BCUT2D eigenvalue weighted by molar-refractivity contribution is -0.145. The number of nitrogens with one attached hydrogen (secondary N) is 1. The van der Waals surface area contributed by atoms with Gasteiger partial charge in [0.1, 0.15) is 4.88 Å². The van der Waals surface area contributed by atoms with Crippen molar-refractivity contribution in [1.82, 2.24) is 0 Å². The third kappa shape index (κ3) is 2.86. The molecular formula is C11H11NO5S. The Morgan fingerprint density at radius 2 is 2.28 bits per heavy atom. The van der Waals surface area contributed by atoms with Gasteiger partial charge in [0.2, 0.25) is 12.0 Å². The lowest BCUT2D eigenvalue weighted by Gasteiger charge is -2.06. The molecule has 1 amide bonds. The maximum atomic E-state index is 11.7. The Kier molecular flexibility index (Phi) is 3.61. The Bertz CT molecular complexity index is 495. The van der Waals surface area contributed by atoms with Gasteiger partial charge in [-0.3, -0.25) is 4.79 Å². The van der Waals surface area contributed by atoms with Crippen LogP contribution in [0.3, 0.4) is 0 Å². The summed E-state index contributed by atoms with van der Waals surface area (Å²) >= 11 is 1.10. The molecule has 1 atom stereocenters. The summed E-state index contributed by atoms with van der Waals surface area (Å²) < 4.78 is 9.70. The zero-order valence-corrected chi connectivity index (χ0v) is 10.4. The van der Waals surface area contributed by atoms with Crippen LogP contribution in [0.15, 0.2) is 12.1 Å². The number of hydrogen-bond acceptors (Lipinski definition) is 6. The van der Waals surface area contributed by atoms with Crippen molar-refractivity contribution in [2.75, 3.05) is 11.9 Å². The molecule has 18 heavy (non-hydrogen) atoms. The highest BCUT2D eigenvalue weighted by Gasteiger charge is 2.30. The minimum Gasteiger partial charge on any atom is -0.463 e. The van der Waals surface area contributed by atoms with E-state index in [4.69, 9.17) is 9.47 Å². The summed E-state index contributed by atoms with van der Waals surface area (Å²) in [5, 5.41) is 3.12. The quantitative estimate of drug-likeness (QED) is 0.833. The number of anilines is 1. The lowest BCUT2D eigenvalue weighted by atomic mass is 10.3. The normalized spacial score (nSPS) is 18.3. The minimum atomic E-state index is -0.816. The lowest BCUT2D eigenvalue weighted by Crippen LogP contribution is -2.22. The van der Waals surface area contributed by atoms with E-state index >= 15 is 0 Å². The van der Waals surface area contributed by atoms with Gasteiger partial charge in [0.25, 0.3) is 0 Å². The first-order chi connectivity index (χ1) is 8.56. The van der Waals surface area contributed by atoms with Gasteiger partial charge < -0.3 is 14.8 Å². The van der Waals surface area contributed by atoms with Crippen LogP contribution in [0.25, 0.3) is 0 Å². The molecule has 0 saturated carbocycles. The second-order valence-corrected chi connectivity index (χ2v) is 4.78. The van der Waals surface area contributed by atoms with Gasteiger partial charge in [0, 0.05) is 13.3 Å². The molecule has 2 rings (SSSR count). The van der Waals surface area contributed by atoms with Gasteiger partial charge in [-0.05, 0) is 12.1 Å². The molecule has 2 heterocycles. The summed E-state index contributed by atoms with van der Waals surface area (Å²) in [7, 11) is 0. The second-order valence-electron chi connectivity index (χ2n) is 3.70. The van der Waals surface area contributed by atoms with Gasteiger partial charge in [-0.15, -0.1) is 11.3 Å². The van der Waals surface area contributed by atoms with Crippen LogP contribution in [-0.4, -0.2) is 30.6 Å². The van der Waals surface area contributed by atoms with Crippen molar-refractivity contribution in [2.45, 2.75) is 19.4 Å². The number of hydrogen-bond donors (Lipinski definition) is 1. The van der Waals surface area contributed by atoms with E-state index in [-0.39, 0.29) is 12.5 Å². The van der Waals surface area contributed by atoms with Gasteiger partial charge in [0.05, 0.1) is 11.6 Å². The Labute approximate surface area is 107 Å². The maximum Gasteiger partial charge on any atom is 0.349 e. The van der Waals surface area contributed by atoms with E-state index in [1.165, 1.54) is 6.92 Å². The molecule has 0 spiro atoms. The van der Waals surface area contributed by atoms with Crippen LogP contribution in [0.4, 0.5) is 5.00 Å². The molecule has 1 saturated heterocycles. The topological polar surface area (TPSA) is 81.7 Å². The predicted molar refractivity (Wildman–Crippen MR) is 63.4 cm³/mol. The number of ether oxygens (including phenoxy) is 2. The van der Waals surface area contributed by atoms with Crippen LogP contribution >= 0.6 is 11.3 Å². The molecule has 1 aliphatic heterocycles. The molecule has 7 heteroatoms. The van der Waals surface area contributed by atoms with Crippen molar-refractivity contribution >= 4 is 34.2 Å². The maximum absolute atomic E-state index is 11.7. The molecule has 1 N–H and O–H groups in total. The fourth-order valence-corrected chi connectivity index (χ4v) is 2.30. The van der Waals surface area contributed by atoms with E-state index in [0.29, 0.717) is 16.3 Å². The largest absolute Gasteiger partial charge is 0.463 e. The molecule has 1 aliphatic rings. The van der Waals surface area contributed by atoms with E-state index in [1.54, 1.807) is 12.1 Å². The highest BCUT2D eigenvalue weighted by atomic mass is 32.1. The summed E-state index contributed by atoms with van der Waals surface area (Å²) in [6.45, 7) is 1.66. The molecule has 1 aromatic heterocycles. The summed E-state index contributed by atoms with van der Waals surface area (Å²) in [5.41, 5.74) is 0. The minimum absolute atomic E-state index is 0.212. The van der Waals surface area contributed by atoms with Crippen LogP contribution in [0, 0.1) is 0 Å². The van der Waals surface area contributed by atoms with Gasteiger partial charge in [-0.1, -0.05) is 0 Å². The number of esters is 2. The molecular weight excluding hydrogens is 258 g/mol. The zero-order valence-electron chi connectivity index (χ0n) is 9.60. The van der Waals surface area contributed by atoms with Crippen LogP contribution < -0.4 is 5.32 Å². The number of cyclic esters (lactones) is 1. The highest BCUT2D eigenvalue weighted by molar-refractivity contribution is 7.18. The Morgan fingerprint density at radius 3 is 2.89 bits per heavy atom. The van der Waals surface area contributed by atoms with Gasteiger partial charge >= 0.3 is 11.9 Å². The molecule has 0 aromatic carbocycles. The first-order valence-electron chi connectivity index (χ1n) is 5.31. The Morgan fingerprint density at radius 1 is 1.50 bits per heavy atom. The molecule has 0 radical (unpaired) electrons. The van der Waals surface area contributed by atoms with Crippen molar-refractivity contribution in [3.05, 3.63) is 17.0 Å². The van der Waals surface area contributed by atoms with E-state index in [2.05, 4.69) is 5.32 Å². The van der Waals surface area contributed by atoms with Gasteiger partial charge in [-0.2, -0.15) is 0 Å². The smallest absolute Gasteiger partial charge is 0.349 e. The first-order valence-corrected chi connectivity index (χ1v) is 6.13. The standard InChI is InChI=1S/C11H11NO5S/c1-6(13)12-9-3-2-8(18-9)11(15)17-7-4-5-16-10(7)14/h2-3,7H,4-5H2,1H3,(H,12,13). The summed E-state index contributed by atoms with van der Waals surface area (Å²) in [6.07, 6.45) is -0.432. The van der Waals surface area contributed by atoms with Crippen LogP contribution in [0.2, 0.25) is 0 Å². The van der Waals surface area contributed by atoms with Crippen LogP contribution in [0.1, 0.15) is 23.0 Å². The van der Waals surface area contributed by atoms with Crippen molar-refractivity contribution in [2.24, 2.45) is 0 Å². The van der Waals surface area contributed by atoms with E-state index in [9.17, 15) is 14.4 Å². The Hall–Kier alpha value is -1.89. The summed E-state index contributed by atoms with van der Waals surface area (Å²) in [6, 6.07) is 3.15. The van der Waals surface area contributed by atoms with Gasteiger partial charge in [0.15, 0.2) is 0 Å². The van der Waals surface area contributed by atoms with Gasteiger partial charge in [-0.25, -0.2) is 9.59 Å². The van der Waals surface area contributed by atoms with Crippen molar-refractivity contribution < 1.29 is 23.9 Å². The van der Waals surface area contributed by atoms with Crippen LogP contribution in [0.5, 0.6) is 0 Å². The Balaban J connectivity index is 1.98. The van der Waals surface area contributed by atoms with E-state index in [0.717, 1.165) is 11.3 Å². The molecule has 0 aliphatic carbocycles. The van der Waals surface area contributed by atoms with Crippen molar-refractivity contribution in [1.29, 1.82) is 0 Å². The SMILES string of the molecule is CC(=O)Nc1ccc(C(=O)OC2CCOC2=O)s1. The molecule has 0 bridgehead atoms. The first kappa shape index (κ1) is 12.6. The fourth-order valence-electron chi connectivity index (χ4n) is 1.46. The number of thiophene rings is 1. The van der Waals surface area contributed by atoms with Crippen molar-refractivity contribution in [3.8, 4) is 0 Å². The third-order valence-electron chi connectivity index (χ3n) is 2.24. The van der Waals surface area contributed by atoms with Crippen LogP contribution in [-0.2, 0) is 19.1 Å². The number of rotatable bonds is 3. The zero-order chi connectivity index (χ0) is 13.1.